The highest BCUT2D eigenvalue weighted by Crippen LogP contribution is 2.34. The molecular weight excluding hydrogens is 385 g/mol. The van der Waals surface area contributed by atoms with Crippen LogP contribution in [0.2, 0.25) is 0 Å². The van der Waals surface area contributed by atoms with Crippen molar-refractivity contribution >= 4 is 23.3 Å². The summed E-state index contributed by atoms with van der Waals surface area (Å²) in [5.41, 5.74) is -0.307. The van der Waals surface area contributed by atoms with E-state index in [4.69, 9.17) is 0 Å². The van der Waals surface area contributed by atoms with Crippen LogP contribution in [0.5, 0.6) is 0 Å². The smallest absolute Gasteiger partial charge is 0.424 e. The molecule has 0 spiro atoms. The minimum Gasteiger partial charge on any atom is -0.465 e. The molecule has 8 heteroatoms. The number of amides is 1. The van der Waals surface area contributed by atoms with Gasteiger partial charge in [-0.25, -0.2) is 4.79 Å². The van der Waals surface area contributed by atoms with Gasteiger partial charge in [0.2, 0.25) is 0 Å². The highest BCUT2D eigenvalue weighted by molar-refractivity contribution is 6.32. The summed E-state index contributed by atoms with van der Waals surface area (Å²) in [4.78, 5) is 24.3. The largest absolute Gasteiger partial charge is 0.465 e. The second kappa shape index (κ2) is 7.90. The van der Waals surface area contributed by atoms with Gasteiger partial charge < -0.3 is 4.74 Å². The van der Waals surface area contributed by atoms with Crippen molar-refractivity contribution in [1.82, 2.24) is 0 Å². The Morgan fingerprint density at radius 2 is 1.62 bits per heavy atom. The third kappa shape index (κ3) is 4.21. The van der Waals surface area contributed by atoms with Crippen LogP contribution >= 0.6 is 0 Å². The lowest BCUT2D eigenvalue weighted by molar-refractivity contribution is -0.148. The molecule has 2 aromatic rings. The zero-order valence-electron chi connectivity index (χ0n) is 15.7. The van der Waals surface area contributed by atoms with Crippen molar-refractivity contribution in [1.29, 1.82) is 0 Å². The second-order valence-electron chi connectivity index (χ2n) is 6.37. The molecule has 1 aliphatic rings. The average molecular weight is 402 g/mol. The Morgan fingerprint density at radius 3 is 2.17 bits per heavy atom. The molecule has 1 aliphatic heterocycles. The predicted octanol–water partition coefficient (Wildman–Crippen LogP) is 4.03. The third-order valence-electron chi connectivity index (χ3n) is 4.37. The van der Waals surface area contributed by atoms with Gasteiger partial charge in [0.25, 0.3) is 5.91 Å². The SMILES string of the molecule is COC(=O)C(=C1C(=O)N(c2ccc(Cc3ccccc3)cc2)N=C1C)C(F)(F)F. The molecule has 0 aliphatic carbocycles. The molecule has 0 radical (unpaired) electrons. The van der Waals surface area contributed by atoms with Crippen LogP contribution in [0.1, 0.15) is 18.1 Å². The van der Waals surface area contributed by atoms with Gasteiger partial charge in [-0.1, -0.05) is 42.5 Å². The number of ether oxygens (including phenoxy) is 1. The Morgan fingerprint density at radius 1 is 1.03 bits per heavy atom. The molecule has 150 valence electrons. The Labute approximate surface area is 165 Å². The minimum absolute atomic E-state index is 0.207. The first-order chi connectivity index (χ1) is 13.7. The molecule has 0 saturated heterocycles. The van der Waals surface area contributed by atoms with Crippen molar-refractivity contribution in [2.75, 3.05) is 12.1 Å². The standard InChI is InChI=1S/C21H17F3N2O3/c1-13-17(18(20(28)29-2)21(22,23)24)19(27)26(25-13)16-10-8-15(9-11-16)12-14-6-4-3-5-7-14/h3-11H,12H2,1-2H3. The number of carbonyl (C=O) groups is 2. The molecule has 1 amide bonds. The molecule has 0 fully saturated rings. The minimum atomic E-state index is -5.05. The van der Waals surface area contributed by atoms with Gasteiger partial charge in [-0.3, -0.25) is 4.79 Å². The van der Waals surface area contributed by atoms with Gasteiger partial charge in [0, 0.05) is 0 Å². The molecule has 0 N–H and O–H groups in total. The molecule has 0 atom stereocenters. The summed E-state index contributed by atoms with van der Waals surface area (Å²) in [5.74, 6) is -2.66. The summed E-state index contributed by atoms with van der Waals surface area (Å²) in [7, 11) is 0.823. The highest BCUT2D eigenvalue weighted by atomic mass is 19.4. The van der Waals surface area contributed by atoms with Gasteiger partial charge in [-0.05, 0) is 36.6 Å². The van der Waals surface area contributed by atoms with Crippen LogP contribution in [0.4, 0.5) is 18.9 Å². The van der Waals surface area contributed by atoms with E-state index in [0.29, 0.717) is 12.1 Å². The van der Waals surface area contributed by atoms with Crippen LogP contribution in [0.3, 0.4) is 0 Å². The first-order valence-corrected chi connectivity index (χ1v) is 8.65. The first-order valence-electron chi connectivity index (χ1n) is 8.65. The molecule has 2 aromatic carbocycles. The van der Waals surface area contributed by atoms with E-state index in [9.17, 15) is 22.8 Å². The number of hydrogen-bond donors (Lipinski definition) is 0. The highest BCUT2D eigenvalue weighted by Gasteiger charge is 2.47. The van der Waals surface area contributed by atoms with Gasteiger partial charge in [-0.2, -0.15) is 23.3 Å². The Kier molecular flexibility index (Phi) is 5.54. The third-order valence-corrected chi connectivity index (χ3v) is 4.37. The van der Waals surface area contributed by atoms with E-state index in [1.54, 1.807) is 24.3 Å². The fourth-order valence-electron chi connectivity index (χ4n) is 3.02. The first kappa shape index (κ1) is 20.3. The van der Waals surface area contributed by atoms with E-state index >= 15 is 0 Å². The molecule has 0 aromatic heterocycles. The van der Waals surface area contributed by atoms with E-state index in [2.05, 4.69) is 9.84 Å². The molecule has 1 heterocycles. The lowest BCUT2D eigenvalue weighted by Crippen LogP contribution is -2.29. The quantitative estimate of drug-likeness (QED) is 0.573. The normalized spacial score (nSPS) is 16.0. The van der Waals surface area contributed by atoms with E-state index in [0.717, 1.165) is 23.2 Å². The van der Waals surface area contributed by atoms with Crippen molar-refractivity contribution < 1.29 is 27.5 Å². The van der Waals surface area contributed by atoms with Gasteiger partial charge >= 0.3 is 12.1 Å². The number of benzene rings is 2. The lowest BCUT2D eigenvalue weighted by atomic mass is 10.0. The van der Waals surface area contributed by atoms with Crippen molar-refractivity contribution in [3.8, 4) is 0 Å². The topological polar surface area (TPSA) is 59.0 Å². The number of rotatable bonds is 4. The van der Waals surface area contributed by atoms with Crippen molar-refractivity contribution in [2.45, 2.75) is 19.5 Å². The number of alkyl halides is 3. The summed E-state index contributed by atoms with van der Waals surface area (Å²) in [6, 6.07) is 16.5. The molecule has 29 heavy (non-hydrogen) atoms. The van der Waals surface area contributed by atoms with E-state index in [1.807, 2.05) is 30.3 Å². The van der Waals surface area contributed by atoms with Crippen LogP contribution in [-0.4, -0.2) is 30.9 Å². The number of carbonyl (C=O) groups excluding carboxylic acids is 2. The van der Waals surface area contributed by atoms with Crippen LogP contribution in [0.15, 0.2) is 70.8 Å². The number of anilines is 1. The maximum Gasteiger partial charge on any atom is 0.424 e. The van der Waals surface area contributed by atoms with E-state index in [1.165, 1.54) is 6.92 Å². The predicted molar refractivity (Wildman–Crippen MR) is 101 cm³/mol. The van der Waals surface area contributed by atoms with Crippen molar-refractivity contribution in [3.05, 3.63) is 76.9 Å². The van der Waals surface area contributed by atoms with Crippen LogP contribution in [0.25, 0.3) is 0 Å². The molecule has 0 saturated carbocycles. The number of halogens is 3. The molecular formula is C21H17F3N2O3. The lowest BCUT2D eigenvalue weighted by Gasteiger charge is -2.15. The van der Waals surface area contributed by atoms with Gasteiger partial charge in [0.15, 0.2) is 5.57 Å². The van der Waals surface area contributed by atoms with Crippen LogP contribution in [0, 0.1) is 0 Å². The maximum absolute atomic E-state index is 13.4. The van der Waals surface area contributed by atoms with E-state index in [-0.39, 0.29) is 5.71 Å². The van der Waals surface area contributed by atoms with Crippen molar-refractivity contribution in [3.63, 3.8) is 0 Å². The molecule has 5 nitrogen and oxygen atoms in total. The Hall–Kier alpha value is -3.42. The molecule has 3 rings (SSSR count). The van der Waals surface area contributed by atoms with Gasteiger partial charge in [0.05, 0.1) is 24.1 Å². The fourth-order valence-corrected chi connectivity index (χ4v) is 3.02. The van der Waals surface area contributed by atoms with E-state index < -0.39 is 29.2 Å². The molecule has 0 unspecified atom stereocenters. The average Bonchev–Trinajstić information content (AvgIpc) is 2.97. The van der Waals surface area contributed by atoms with Crippen LogP contribution < -0.4 is 5.01 Å². The maximum atomic E-state index is 13.4. The summed E-state index contributed by atoms with van der Waals surface area (Å²) in [6.45, 7) is 1.24. The monoisotopic (exact) mass is 402 g/mol. The fraction of sp³-hybridized carbons (Fsp3) is 0.190. The number of hydrogen-bond acceptors (Lipinski definition) is 4. The Bertz CT molecular complexity index is 994. The Balaban J connectivity index is 1.90. The summed E-state index contributed by atoms with van der Waals surface area (Å²) in [5, 5.41) is 4.77. The van der Waals surface area contributed by atoms with Gasteiger partial charge in [-0.15, -0.1) is 0 Å². The van der Waals surface area contributed by atoms with Crippen molar-refractivity contribution in [2.24, 2.45) is 5.10 Å². The molecule has 0 bridgehead atoms. The number of nitrogens with zero attached hydrogens (tertiary/aromatic N) is 2. The summed E-state index contributed by atoms with van der Waals surface area (Å²) in [6.07, 6.45) is -4.38. The van der Waals surface area contributed by atoms with Gasteiger partial charge in [0.1, 0.15) is 0 Å². The number of esters is 1. The second-order valence-corrected chi connectivity index (χ2v) is 6.37. The zero-order chi connectivity index (χ0) is 21.2. The zero-order valence-corrected chi connectivity index (χ0v) is 15.7. The number of methoxy groups -OCH3 is 1. The summed E-state index contributed by atoms with van der Waals surface area (Å²) < 4.78 is 44.3. The van der Waals surface area contributed by atoms with Crippen LogP contribution in [-0.2, 0) is 20.7 Å². The summed E-state index contributed by atoms with van der Waals surface area (Å²) >= 11 is 0. The number of hydrazone groups is 1.